The van der Waals surface area contributed by atoms with Crippen LogP contribution in [0.4, 0.5) is 4.39 Å². The van der Waals surface area contributed by atoms with Crippen molar-refractivity contribution >= 4 is 39.9 Å². The first-order valence-electron chi connectivity index (χ1n) is 10.4. The van der Waals surface area contributed by atoms with Crippen LogP contribution in [-0.2, 0) is 20.4 Å². The number of benzene rings is 2. The van der Waals surface area contributed by atoms with Crippen LogP contribution in [-0.4, -0.2) is 44.9 Å². The highest BCUT2D eigenvalue weighted by Gasteiger charge is 2.35. The van der Waals surface area contributed by atoms with E-state index in [0.717, 1.165) is 32.7 Å². The fraction of sp³-hybridized carbons (Fsp3) is 0.280. The average Bonchev–Trinajstić information content (AvgIpc) is 3.34. The topological polar surface area (TPSA) is 74.7 Å². The number of nitrogens with zero attached hydrogens (tertiary/aromatic N) is 1. The number of hydrogen-bond acceptors (Lipinski definition) is 3. The Morgan fingerprint density at radius 1 is 1.19 bits per heavy atom. The maximum Gasteiger partial charge on any atom is 0.326 e. The first kappa shape index (κ1) is 22.1. The van der Waals surface area contributed by atoms with Crippen LogP contribution in [0, 0.1) is 5.82 Å². The number of rotatable bonds is 5. The minimum Gasteiger partial charge on any atom is -0.480 e. The molecular weight excluding hydrogens is 429 g/mol. The molecule has 0 radical (unpaired) electrons. The summed E-state index contributed by atoms with van der Waals surface area (Å²) in [6, 6.07) is 11.1. The lowest BCUT2D eigenvalue weighted by Gasteiger charge is -2.22. The molecule has 2 aromatic carbocycles. The van der Waals surface area contributed by atoms with Crippen LogP contribution in [0.1, 0.15) is 42.9 Å². The van der Waals surface area contributed by atoms with Gasteiger partial charge in [0.25, 0.3) is 0 Å². The molecule has 7 heteroatoms. The van der Waals surface area contributed by atoms with Gasteiger partial charge in [0.05, 0.1) is 6.42 Å². The van der Waals surface area contributed by atoms with E-state index < -0.39 is 22.8 Å². The van der Waals surface area contributed by atoms with Crippen LogP contribution in [0.25, 0.3) is 17.2 Å². The minimum atomic E-state index is -1.06. The molecular formula is C25H24FNO4S. The molecule has 5 nitrogen and oxygen atoms in total. The number of carbonyl (C=O) groups is 2. The molecule has 2 aliphatic rings. The Kier molecular flexibility index (Phi) is 6.11. The SMILES string of the molecule is CC1=C(CC(=O)N2CCCC2C(=O)O)c2cc(F)ccc2C1=Cc1ccc(S(C)=O)cc1. The smallest absolute Gasteiger partial charge is 0.326 e. The maximum absolute atomic E-state index is 14.1. The number of likely N-dealkylation sites (tertiary alicyclic amines) is 1. The van der Waals surface area contributed by atoms with Crippen molar-refractivity contribution in [2.24, 2.45) is 0 Å². The fourth-order valence-corrected chi connectivity index (χ4v) is 5.00. The molecule has 2 unspecified atom stereocenters. The molecule has 0 saturated carbocycles. The van der Waals surface area contributed by atoms with Crippen LogP contribution in [0.2, 0.25) is 0 Å². The van der Waals surface area contributed by atoms with E-state index in [-0.39, 0.29) is 18.1 Å². The van der Waals surface area contributed by atoms with Gasteiger partial charge in [-0.3, -0.25) is 9.00 Å². The molecule has 1 aliphatic carbocycles. The van der Waals surface area contributed by atoms with E-state index in [0.29, 0.717) is 24.9 Å². The molecule has 1 heterocycles. The molecule has 32 heavy (non-hydrogen) atoms. The zero-order chi connectivity index (χ0) is 23.0. The lowest BCUT2D eigenvalue weighted by atomic mass is 10.0. The summed E-state index contributed by atoms with van der Waals surface area (Å²) >= 11 is 0. The summed E-state index contributed by atoms with van der Waals surface area (Å²) in [4.78, 5) is 26.7. The molecule has 0 spiro atoms. The van der Waals surface area contributed by atoms with Crippen LogP contribution < -0.4 is 0 Å². The number of aliphatic carboxylic acids is 1. The van der Waals surface area contributed by atoms with Gasteiger partial charge in [0.15, 0.2) is 0 Å². The highest BCUT2D eigenvalue weighted by atomic mass is 32.2. The van der Waals surface area contributed by atoms with Crippen molar-refractivity contribution in [3.63, 3.8) is 0 Å². The van der Waals surface area contributed by atoms with E-state index in [1.165, 1.54) is 17.0 Å². The van der Waals surface area contributed by atoms with Gasteiger partial charge in [-0.25, -0.2) is 9.18 Å². The Morgan fingerprint density at radius 3 is 2.56 bits per heavy atom. The van der Waals surface area contributed by atoms with Crippen LogP contribution in [0.15, 0.2) is 52.9 Å². The molecule has 166 valence electrons. The Morgan fingerprint density at radius 2 is 1.91 bits per heavy atom. The van der Waals surface area contributed by atoms with Crippen molar-refractivity contribution in [2.75, 3.05) is 12.8 Å². The van der Waals surface area contributed by atoms with Crippen molar-refractivity contribution in [3.05, 3.63) is 70.5 Å². The molecule has 1 fully saturated rings. The Hall–Kier alpha value is -3.06. The second kappa shape index (κ2) is 8.82. The summed E-state index contributed by atoms with van der Waals surface area (Å²) in [6.45, 7) is 2.33. The van der Waals surface area contributed by atoms with Crippen molar-refractivity contribution in [1.29, 1.82) is 0 Å². The lowest BCUT2D eigenvalue weighted by molar-refractivity contribution is -0.147. The number of carbonyl (C=O) groups excluding carboxylic acids is 1. The Labute approximate surface area is 188 Å². The summed E-state index contributed by atoms with van der Waals surface area (Å²) in [6.07, 6.45) is 4.74. The van der Waals surface area contributed by atoms with Gasteiger partial charge < -0.3 is 10.0 Å². The molecule has 1 N–H and O–H groups in total. The summed E-state index contributed by atoms with van der Waals surface area (Å²) in [5.41, 5.74) is 4.89. The van der Waals surface area contributed by atoms with Crippen molar-refractivity contribution in [3.8, 4) is 0 Å². The first-order chi connectivity index (χ1) is 15.3. The number of carboxylic acid groups (broad SMARTS) is 1. The van der Waals surface area contributed by atoms with E-state index in [1.54, 1.807) is 12.3 Å². The molecule has 2 aromatic rings. The van der Waals surface area contributed by atoms with Gasteiger partial charge in [-0.05, 0) is 83.5 Å². The number of allylic oxidation sites excluding steroid dienone is 2. The van der Waals surface area contributed by atoms with Gasteiger partial charge in [-0.15, -0.1) is 0 Å². The van der Waals surface area contributed by atoms with E-state index in [1.807, 2.05) is 37.3 Å². The average molecular weight is 454 g/mol. The number of halogens is 1. The predicted molar refractivity (Wildman–Crippen MR) is 123 cm³/mol. The standard InChI is InChI=1S/C25H24FNO4S/c1-15-20(12-16-5-8-18(9-6-16)32(2)31)19-10-7-17(26)13-22(19)21(15)14-24(28)27-11-3-4-23(27)25(29)30/h5-10,12-13,23H,3-4,11,14H2,1-2H3,(H,29,30). The number of carboxylic acids is 1. The van der Waals surface area contributed by atoms with Crippen LogP contribution in [0.3, 0.4) is 0 Å². The third-order valence-electron chi connectivity index (χ3n) is 6.16. The van der Waals surface area contributed by atoms with Gasteiger partial charge in [0.2, 0.25) is 5.91 Å². The second-order valence-electron chi connectivity index (χ2n) is 8.13. The summed E-state index contributed by atoms with van der Waals surface area (Å²) in [5.74, 6) is -1.63. The largest absolute Gasteiger partial charge is 0.480 e. The van der Waals surface area contributed by atoms with E-state index >= 15 is 0 Å². The molecule has 0 bridgehead atoms. The van der Waals surface area contributed by atoms with Crippen molar-refractivity contribution < 1.29 is 23.3 Å². The van der Waals surface area contributed by atoms with Crippen LogP contribution >= 0.6 is 0 Å². The van der Waals surface area contributed by atoms with Crippen molar-refractivity contribution in [1.82, 2.24) is 4.90 Å². The van der Waals surface area contributed by atoms with Crippen LogP contribution in [0.5, 0.6) is 0 Å². The highest BCUT2D eigenvalue weighted by Crippen LogP contribution is 2.44. The van der Waals surface area contributed by atoms with Gasteiger partial charge in [-0.2, -0.15) is 0 Å². The van der Waals surface area contributed by atoms with E-state index in [4.69, 9.17) is 0 Å². The van der Waals surface area contributed by atoms with Gasteiger partial charge >= 0.3 is 5.97 Å². The predicted octanol–water partition coefficient (Wildman–Crippen LogP) is 4.36. The first-order valence-corrected chi connectivity index (χ1v) is 12.0. The highest BCUT2D eigenvalue weighted by molar-refractivity contribution is 7.84. The lowest BCUT2D eigenvalue weighted by Crippen LogP contribution is -2.40. The molecule has 1 aliphatic heterocycles. The quantitative estimate of drug-likeness (QED) is 0.730. The maximum atomic E-state index is 14.1. The summed E-state index contributed by atoms with van der Waals surface area (Å²) in [5, 5.41) is 9.42. The van der Waals surface area contributed by atoms with Gasteiger partial charge in [-0.1, -0.05) is 18.2 Å². The van der Waals surface area contributed by atoms with Gasteiger partial charge in [0, 0.05) is 28.5 Å². The van der Waals surface area contributed by atoms with Crippen molar-refractivity contribution in [2.45, 2.75) is 37.1 Å². The number of hydrogen-bond donors (Lipinski definition) is 1. The molecule has 4 rings (SSSR count). The third-order valence-corrected chi connectivity index (χ3v) is 7.10. The Bertz CT molecular complexity index is 1180. The molecule has 0 aromatic heterocycles. The Balaban J connectivity index is 1.71. The second-order valence-corrected chi connectivity index (χ2v) is 9.51. The molecule has 2 atom stereocenters. The summed E-state index contributed by atoms with van der Waals surface area (Å²) in [7, 11) is -1.06. The molecule has 1 saturated heterocycles. The zero-order valence-electron chi connectivity index (χ0n) is 17.9. The molecule has 1 amide bonds. The normalized spacial score (nSPS) is 20.0. The van der Waals surface area contributed by atoms with E-state index in [9.17, 15) is 23.3 Å². The fourth-order valence-electron chi connectivity index (χ4n) is 4.48. The minimum absolute atomic E-state index is 0.0250. The zero-order valence-corrected chi connectivity index (χ0v) is 18.7. The van der Waals surface area contributed by atoms with E-state index in [2.05, 4.69) is 0 Å². The number of amides is 1. The number of fused-ring (bicyclic) bond motifs is 1. The third kappa shape index (κ3) is 4.17. The summed E-state index contributed by atoms with van der Waals surface area (Å²) < 4.78 is 25.7. The monoisotopic (exact) mass is 453 g/mol. The van der Waals surface area contributed by atoms with Gasteiger partial charge in [0.1, 0.15) is 11.9 Å².